The molecule has 4 atom stereocenters. The number of hydrogen-bond acceptors (Lipinski definition) is 5. The molecule has 2 N–H and O–H groups in total. The molecule has 5 heteroatoms. The maximum Gasteiger partial charge on any atom is 0.336 e. The van der Waals surface area contributed by atoms with Gasteiger partial charge in [0.2, 0.25) is 0 Å². The maximum atomic E-state index is 11.4. The molecule has 1 aliphatic carbocycles. The van der Waals surface area contributed by atoms with Crippen LogP contribution in [0.3, 0.4) is 0 Å². The molecule has 5 rings (SSSR count). The monoisotopic (exact) mass is 363 g/mol. The van der Waals surface area contributed by atoms with Gasteiger partial charge in [0.1, 0.15) is 11.3 Å². The average molecular weight is 363 g/mol. The molecule has 0 bridgehead atoms. The van der Waals surface area contributed by atoms with Gasteiger partial charge in [0.25, 0.3) is 0 Å². The summed E-state index contributed by atoms with van der Waals surface area (Å²) in [6, 6.07) is 19.0. The lowest BCUT2D eigenvalue weighted by Crippen LogP contribution is -2.24. The van der Waals surface area contributed by atoms with Crippen LogP contribution < -0.4 is 15.7 Å². The van der Waals surface area contributed by atoms with E-state index in [0.717, 1.165) is 11.9 Å². The Labute approximate surface area is 156 Å². The first-order valence-electron chi connectivity index (χ1n) is 9.29. The van der Waals surface area contributed by atoms with Crippen LogP contribution in [0.25, 0.3) is 11.0 Å². The predicted molar refractivity (Wildman–Crippen MR) is 102 cm³/mol. The Bertz CT molecular complexity index is 1030. The third-order valence-corrected chi connectivity index (χ3v) is 6.13. The van der Waals surface area contributed by atoms with Crippen molar-refractivity contribution in [1.29, 1.82) is 0 Å². The van der Waals surface area contributed by atoms with Gasteiger partial charge in [-0.2, -0.15) is 0 Å². The molecule has 27 heavy (non-hydrogen) atoms. The zero-order chi connectivity index (χ0) is 18.4. The van der Waals surface area contributed by atoms with Crippen molar-refractivity contribution in [3.8, 4) is 5.75 Å². The van der Waals surface area contributed by atoms with E-state index in [9.17, 15) is 9.90 Å². The Kier molecular flexibility index (Phi) is 3.81. The molecule has 3 aromatic rings. The summed E-state index contributed by atoms with van der Waals surface area (Å²) in [4.78, 5) is 11.4. The van der Waals surface area contributed by atoms with E-state index in [1.807, 2.05) is 30.3 Å². The average Bonchev–Trinajstić information content (AvgIpc) is 3.19. The number of ether oxygens (including phenoxy) is 1. The van der Waals surface area contributed by atoms with Crippen molar-refractivity contribution in [1.82, 2.24) is 5.32 Å². The minimum Gasteiger partial charge on any atom is -0.493 e. The Morgan fingerprint density at radius 1 is 1.15 bits per heavy atom. The summed E-state index contributed by atoms with van der Waals surface area (Å²) >= 11 is 0. The maximum absolute atomic E-state index is 11.4. The van der Waals surface area contributed by atoms with Crippen molar-refractivity contribution < 1.29 is 14.3 Å². The van der Waals surface area contributed by atoms with E-state index in [2.05, 4.69) is 17.4 Å². The van der Waals surface area contributed by atoms with E-state index < -0.39 is 0 Å². The molecule has 5 nitrogen and oxygen atoms in total. The lowest BCUT2D eigenvalue weighted by atomic mass is 9.95. The second kappa shape index (κ2) is 6.22. The molecular weight excluding hydrogens is 342 g/mol. The quantitative estimate of drug-likeness (QED) is 0.697. The molecule has 2 aliphatic rings. The number of benzene rings is 2. The largest absolute Gasteiger partial charge is 0.493 e. The van der Waals surface area contributed by atoms with Gasteiger partial charge in [-0.3, -0.25) is 0 Å². The van der Waals surface area contributed by atoms with Gasteiger partial charge in [-0.05, 0) is 23.8 Å². The lowest BCUT2D eigenvalue weighted by molar-refractivity contribution is 0.115. The number of rotatable bonds is 4. The Balaban J connectivity index is 1.39. The normalized spacial score (nSPS) is 29.3. The van der Waals surface area contributed by atoms with Crippen molar-refractivity contribution in [2.45, 2.75) is 12.0 Å². The van der Waals surface area contributed by atoms with E-state index in [0.29, 0.717) is 24.5 Å². The topological polar surface area (TPSA) is 71.7 Å². The van der Waals surface area contributed by atoms with Gasteiger partial charge in [0, 0.05) is 47.9 Å². The fraction of sp³-hybridized carbons (Fsp3) is 0.318. The van der Waals surface area contributed by atoms with Crippen LogP contribution in [-0.4, -0.2) is 30.9 Å². The summed E-state index contributed by atoms with van der Waals surface area (Å²) in [7, 11) is 0. The molecule has 1 saturated heterocycles. The minimum atomic E-state index is -0.370. The van der Waals surface area contributed by atoms with Crippen LogP contribution in [0.15, 0.2) is 69.9 Å². The summed E-state index contributed by atoms with van der Waals surface area (Å²) < 4.78 is 11.3. The summed E-state index contributed by atoms with van der Waals surface area (Å²) in [5, 5.41) is 14.8. The van der Waals surface area contributed by atoms with E-state index in [-0.39, 0.29) is 29.0 Å². The van der Waals surface area contributed by atoms with Gasteiger partial charge in [0.05, 0.1) is 12.7 Å². The number of hydrogen-bond donors (Lipinski definition) is 2. The first kappa shape index (κ1) is 16.5. The van der Waals surface area contributed by atoms with Crippen molar-refractivity contribution >= 4 is 11.0 Å². The van der Waals surface area contributed by atoms with Crippen molar-refractivity contribution in [2.75, 3.05) is 19.7 Å². The highest BCUT2D eigenvalue weighted by molar-refractivity contribution is 5.77. The van der Waals surface area contributed by atoms with Gasteiger partial charge in [-0.15, -0.1) is 0 Å². The molecule has 1 aromatic heterocycles. The summed E-state index contributed by atoms with van der Waals surface area (Å²) in [5.74, 6) is 1.19. The molecule has 138 valence electrons. The Hall–Kier alpha value is -2.63. The number of fused-ring (bicyclic) bond motifs is 1. The molecule has 1 spiro atoms. The predicted octanol–water partition coefficient (Wildman–Crippen LogP) is 2.54. The lowest BCUT2D eigenvalue weighted by Gasteiger charge is -2.14. The number of aliphatic hydroxyl groups is 1. The van der Waals surface area contributed by atoms with Gasteiger partial charge >= 0.3 is 5.63 Å². The van der Waals surface area contributed by atoms with E-state index in [4.69, 9.17) is 9.15 Å². The highest BCUT2D eigenvalue weighted by Crippen LogP contribution is 2.67. The standard InChI is InChI=1S/C22H21NO4/c24-19-11-23-13-22(19)17(21(22)15-4-2-1-3-5-15)12-26-16-8-6-14-7-9-20(25)27-18(14)10-16/h1-10,17,19,21,23-24H,11-13H2/t17-,19-,21-,22-/m1/s1. The van der Waals surface area contributed by atoms with E-state index in [1.54, 1.807) is 12.1 Å². The molecule has 1 aliphatic heterocycles. The van der Waals surface area contributed by atoms with Crippen LogP contribution in [-0.2, 0) is 0 Å². The molecule has 0 unspecified atom stereocenters. The molecule has 0 radical (unpaired) electrons. The molecule has 2 fully saturated rings. The van der Waals surface area contributed by atoms with Crippen LogP contribution >= 0.6 is 0 Å². The highest BCUT2D eigenvalue weighted by Gasteiger charge is 2.70. The molecule has 2 heterocycles. The minimum absolute atomic E-state index is 0.162. The van der Waals surface area contributed by atoms with Gasteiger partial charge in [-0.1, -0.05) is 30.3 Å². The van der Waals surface area contributed by atoms with Gasteiger partial charge < -0.3 is 19.6 Å². The molecule has 0 amide bonds. The van der Waals surface area contributed by atoms with Gasteiger partial charge in [0.15, 0.2) is 0 Å². The zero-order valence-corrected chi connectivity index (χ0v) is 14.8. The van der Waals surface area contributed by atoms with E-state index >= 15 is 0 Å². The van der Waals surface area contributed by atoms with Crippen LogP contribution in [0.2, 0.25) is 0 Å². The second-order valence-electron chi connectivity index (χ2n) is 7.52. The SMILES string of the molecule is O=c1ccc2ccc(OC[C@@H]3[C@@H](c4ccccc4)[C@]34CNC[C@H]4O)cc2o1. The first-order chi connectivity index (χ1) is 13.2. The summed E-state index contributed by atoms with van der Waals surface area (Å²) in [6.45, 7) is 1.94. The smallest absolute Gasteiger partial charge is 0.336 e. The third-order valence-electron chi connectivity index (χ3n) is 6.13. The highest BCUT2D eigenvalue weighted by atomic mass is 16.5. The van der Waals surface area contributed by atoms with E-state index in [1.165, 1.54) is 11.6 Å². The van der Waals surface area contributed by atoms with Crippen molar-refractivity contribution in [3.05, 3.63) is 76.6 Å². The fourth-order valence-electron chi connectivity index (χ4n) is 4.74. The van der Waals surface area contributed by atoms with Crippen molar-refractivity contribution in [2.24, 2.45) is 11.3 Å². The Morgan fingerprint density at radius 2 is 1.96 bits per heavy atom. The fourth-order valence-corrected chi connectivity index (χ4v) is 4.74. The van der Waals surface area contributed by atoms with Crippen molar-refractivity contribution in [3.63, 3.8) is 0 Å². The summed E-state index contributed by atoms with van der Waals surface area (Å²) in [5.41, 5.74) is 1.24. The second-order valence-corrected chi connectivity index (χ2v) is 7.52. The first-order valence-corrected chi connectivity index (χ1v) is 9.29. The van der Waals surface area contributed by atoms with Crippen LogP contribution in [0.1, 0.15) is 11.5 Å². The van der Waals surface area contributed by atoms with Crippen LogP contribution in [0, 0.1) is 11.3 Å². The van der Waals surface area contributed by atoms with Crippen LogP contribution in [0.5, 0.6) is 5.75 Å². The zero-order valence-electron chi connectivity index (χ0n) is 14.8. The summed E-state index contributed by atoms with van der Waals surface area (Å²) in [6.07, 6.45) is -0.370. The molecule has 1 saturated carbocycles. The molecular formula is C22H21NO4. The van der Waals surface area contributed by atoms with Crippen LogP contribution in [0.4, 0.5) is 0 Å². The Morgan fingerprint density at radius 3 is 2.74 bits per heavy atom. The van der Waals surface area contributed by atoms with Gasteiger partial charge in [-0.25, -0.2) is 4.79 Å². The number of β-amino-alcohol motifs (C(OH)–C–C–N with tert-alkyl or cyclic N) is 1. The third kappa shape index (κ3) is 2.66. The molecule has 2 aromatic carbocycles. The number of nitrogens with one attached hydrogen (secondary N) is 1. The number of aliphatic hydroxyl groups excluding tert-OH is 1.